The molecular formula is C26H35N5O3. The number of hydrogen-bond donors (Lipinski definition) is 1. The number of hydrogen-bond acceptors (Lipinski definition) is 6. The number of ether oxygens (including phenoxy) is 1. The molecule has 0 atom stereocenters. The van der Waals surface area contributed by atoms with Crippen molar-refractivity contribution in [1.82, 2.24) is 19.7 Å². The number of carbonyl (C=O) groups is 2. The zero-order chi connectivity index (χ0) is 23.8. The van der Waals surface area contributed by atoms with Gasteiger partial charge < -0.3 is 24.8 Å². The zero-order valence-corrected chi connectivity index (χ0v) is 20.0. The lowest BCUT2D eigenvalue weighted by Gasteiger charge is -2.27. The van der Waals surface area contributed by atoms with Gasteiger partial charge in [-0.25, -0.2) is 4.98 Å². The molecule has 0 bridgehead atoms. The fourth-order valence-electron chi connectivity index (χ4n) is 4.42. The van der Waals surface area contributed by atoms with Crippen LogP contribution in [0.2, 0.25) is 0 Å². The predicted molar refractivity (Wildman–Crippen MR) is 133 cm³/mol. The van der Waals surface area contributed by atoms with Crippen LogP contribution < -0.4 is 10.1 Å². The van der Waals surface area contributed by atoms with Gasteiger partial charge in [-0.3, -0.25) is 9.59 Å². The average Bonchev–Trinajstić information content (AvgIpc) is 3.07. The van der Waals surface area contributed by atoms with Crippen LogP contribution in [0.5, 0.6) is 5.75 Å². The molecule has 0 saturated carbocycles. The van der Waals surface area contributed by atoms with E-state index >= 15 is 0 Å². The van der Waals surface area contributed by atoms with Gasteiger partial charge in [0.1, 0.15) is 18.1 Å². The highest BCUT2D eigenvalue weighted by Gasteiger charge is 2.25. The first-order valence-electron chi connectivity index (χ1n) is 12.3. The standard InChI is InChI=1S/C26H35N5O3/c1-29-14-9-16-30(18-17-29)24(32)20-31-15-6-2-3-7-19-34-23-12-5-4-11-22(23)28-25-21(26(31)33)10-8-13-27-25/h4-5,8,10-13H,2-3,6-7,9,14-20H2,1H3,(H,27,28). The smallest absolute Gasteiger partial charge is 0.258 e. The van der Waals surface area contributed by atoms with Crippen LogP contribution >= 0.6 is 0 Å². The van der Waals surface area contributed by atoms with Crippen LogP contribution in [-0.2, 0) is 4.79 Å². The van der Waals surface area contributed by atoms with Crippen molar-refractivity contribution >= 4 is 23.3 Å². The average molecular weight is 466 g/mol. The van der Waals surface area contributed by atoms with Crippen LogP contribution in [0.3, 0.4) is 0 Å². The Morgan fingerprint density at radius 1 is 0.971 bits per heavy atom. The maximum Gasteiger partial charge on any atom is 0.258 e. The summed E-state index contributed by atoms with van der Waals surface area (Å²) in [5, 5.41) is 3.29. The van der Waals surface area contributed by atoms with Crippen molar-refractivity contribution in [2.45, 2.75) is 32.1 Å². The van der Waals surface area contributed by atoms with E-state index in [0.29, 0.717) is 31.1 Å². The molecular weight excluding hydrogens is 430 g/mol. The Bertz CT molecular complexity index is 982. The minimum Gasteiger partial charge on any atom is -0.491 e. The second kappa shape index (κ2) is 11.8. The van der Waals surface area contributed by atoms with Gasteiger partial charge in [0.25, 0.3) is 5.91 Å². The van der Waals surface area contributed by atoms with Crippen molar-refractivity contribution in [3.05, 3.63) is 48.2 Å². The minimum atomic E-state index is -0.175. The van der Waals surface area contributed by atoms with Crippen molar-refractivity contribution in [2.75, 3.05) is 58.2 Å². The summed E-state index contributed by atoms with van der Waals surface area (Å²) in [4.78, 5) is 37.2. The number of pyridine rings is 1. The first kappa shape index (κ1) is 24.0. The van der Waals surface area contributed by atoms with Crippen LogP contribution in [0.4, 0.5) is 11.5 Å². The monoisotopic (exact) mass is 465 g/mol. The van der Waals surface area contributed by atoms with E-state index in [1.165, 1.54) is 0 Å². The van der Waals surface area contributed by atoms with Gasteiger partial charge in [0.2, 0.25) is 5.91 Å². The number of nitrogens with zero attached hydrogens (tertiary/aromatic N) is 4. The molecule has 2 aromatic rings. The Morgan fingerprint density at radius 3 is 2.74 bits per heavy atom. The summed E-state index contributed by atoms with van der Waals surface area (Å²) in [5.41, 5.74) is 1.22. The molecule has 1 aromatic carbocycles. The van der Waals surface area contributed by atoms with Crippen molar-refractivity contribution < 1.29 is 14.3 Å². The first-order chi connectivity index (χ1) is 16.6. The van der Waals surface area contributed by atoms with Gasteiger partial charge in [-0.05, 0) is 57.1 Å². The molecule has 182 valence electrons. The van der Waals surface area contributed by atoms with Gasteiger partial charge in [-0.2, -0.15) is 0 Å². The number of rotatable bonds is 2. The largest absolute Gasteiger partial charge is 0.491 e. The molecule has 4 rings (SSSR count). The van der Waals surface area contributed by atoms with Crippen molar-refractivity contribution in [1.29, 1.82) is 0 Å². The quantitative estimate of drug-likeness (QED) is 0.733. The van der Waals surface area contributed by atoms with Gasteiger partial charge in [0.15, 0.2) is 0 Å². The van der Waals surface area contributed by atoms with Crippen LogP contribution in [-0.4, -0.2) is 84.4 Å². The number of nitrogens with one attached hydrogen (secondary N) is 1. The Labute approximate surface area is 201 Å². The fraction of sp³-hybridized carbons (Fsp3) is 0.500. The molecule has 2 aliphatic heterocycles. The molecule has 8 heteroatoms. The normalized spacial score (nSPS) is 18.6. The molecule has 8 nitrogen and oxygen atoms in total. The fourth-order valence-corrected chi connectivity index (χ4v) is 4.42. The van der Waals surface area contributed by atoms with E-state index < -0.39 is 0 Å². The summed E-state index contributed by atoms with van der Waals surface area (Å²) in [6.07, 6.45) is 6.40. The molecule has 0 aliphatic carbocycles. The summed E-state index contributed by atoms with van der Waals surface area (Å²) in [6.45, 7) is 4.56. The van der Waals surface area contributed by atoms with Crippen molar-refractivity contribution in [2.24, 2.45) is 0 Å². The molecule has 2 amide bonds. The number of fused-ring (bicyclic) bond motifs is 2. The van der Waals surface area contributed by atoms with Crippen LogP contribution in [0.15, 0.2) is 42.6 Å². The molecule has 3 heterocycles. The summed E-state index contributed by atoms with van der Waals surface area (Å²) >= 11 is 0. The first-order valence-corrected chi connectivity index (χ1v) is 12.3. The third-order valence-corrected chi connectivity index (χ3v) is 6.44. The lowest BCUT2D eigenvalue weighted by molar-refractivity contribution is -0.131. The number of amides is 2. The molecule has 1 fully saturated rings. The molecule has 0 radical (unpaired) electrons. The number of para-hydroxylation sites is 2. The third-order valence-electron chi connectivity index (χ3n) is 6.44. The Hall–Kier alpha value is -3.13. The van der Waals surface area contributed by atoms with Crippen molar-refractivity contribution in [3.8, 4) is 5.75 Å². The van der Waals surface area contributed by atoms with Gasteiger partial charge >= 0.3 is 0 Å². The highest BCUT2D eigenvalue weighted by atomic mass is 16.5. The van der Waals surface area contributed by atoms with E-state index in [0.717, 1.165) is 63.2 Å². The Morgan fingerprint density at radius 2 is 1.82 bits per heavy atom. The van der Waals surface area contributed by atoms with E-state index in [2.05, 4.69) is 22.2 Å². The molecule has 1 N–H and O–H groups in total. The summed E-state index contributed by atoms with van der Waals surface area (Å²) in [7, 11) is 2.08. The maximum absolute atomic E-state index is 13.7. The summed E-state index contributed by atoms with van der Waals surface area (Å²) in [6, 6.07) is 11.2. The molecule has 2 aliphatic rings. The molecule has 0 spiro atoms. The van der Waals surface area contributed by atoms with E-state index in [4.69, 9.17) is 4.74 Å². The molecule has 0 unspecified atom stereocenters. The predicted octanol–water partition coefficient (Wildman–Crippen LogP) is 3.38. The molecule has 1 aromatic heterocycles. The number of carbonyl (C=O) groups excluding carboxylic acids is 2. The van der Waals surface area contributed by atoms with Gasteiger partial charge in [0, 0.05) is 32.4 Å². The lowest BCUT2D eigenvalue weighted by Crippen LogP contribution is -2.44. The zero-order valence-electron chi connectivity index (χ0n) is 20.0. The van der Waals surface area contributed by atoms with Crippen molar-refractivity contribution in [3.63, 3.8) is 0 Å². The minimum absolute atomic E-state index is 0.0157. The topological polar surface area (TPSA) is 78.0 Å². The second-order valence-corrected chi connectivity index (χ2v) is 9.05. The van der Waals surface area contributed by atoms with E-state index in [9.17, 15) is 9.59 Å². The SMILES string of the molecule is CN1CCCN(C(=O)CN2CCCCCCOc3ccccc3Nc3ncccc3C2=O)CC1. The summed E-state index contributed by atoms with van der Waals surface area (Å²) < 4.78 is 5.99. The van der Waals surface area contributed by atoms with Crippen LogP contribution in [0.1, 0.15) is 42.5 Å². The van der Waals surface area contributed by atoms with Gasteiger partial charge in [-0.1, -0.05) is 25.0 Å². The lowest BCUT2D eigenvalue weighted by atomic mass is 10.1. The number of likely N-dealkylation sites (N-methyl/N-ethyl adjacent to an activating group) is 1. The second-order valence-electron chi connectivity index (χ2n) is 9.05. The number of benzene rings is 1. The van der Waals surface area contributed by atoms with Gasteiger partial charge in [-0.15, -0.1) is 0 Å². The Kier molecular flexibility index (Phi) is 8.36. The number of aromatic nitrogens is 1. The molecule has 1 saturated heterocycles. The van der Waals surface area contributed by atoms with Crippen LogP contribution in [0, 0.1) is 0 Å². The van der Waals surface area contributed by atoms with E-state index in [1.807, 2.05) is 29.2 Å². The van der Waals surface area contributed by atoms with Crippen LogP contribution in [0.25, 0.3) is 0 Å². The molecule has 34 heavy (non-hydrogen) atoms. The Balaban J connectivity index is 1.58. The highest BCUT2D eigenvalue weighted by Crippen LogP contribution is 2.29. The number of anilines is 2. The van der Waals surface area contributed by atoms with Gasteiger partial charge in [0.05, 0.1) is 17.9 Å². The maximum atomic E-state index is 13.7. The summed E-state index contributed by atoms with van der Waals surface area (Å²) in [5.74, 6) is 1.05. The third kappa shape index (κ3) is 6.26. The van der Waals surface area contributed by atoms with E-state index in [-0.39, 0.29) is 18.4 Å². The highest BCUT2D eigenvalue weighted by molar-refractivity contribution is 6.01. The van der Waals surface area contributed by atoms with E-state index in [1.54, 1.807) is 23.2 Å².